The number of anilines is 2. The van der Waals surface area contributed by atoms with E-state index in [4.69, 9.17) is 16.3 Å². The van der Waals surface area contributed by atoms with Gasteiger partial charge in [0.25, 0.3) is 5.91 Å². The molecular weight excluding hydrogens is 594 g/mol. The van der Waals surface area contributed by atoms with Gasteiger partial charge in [-0.15, -0.1) is 5.10 Å². The molecule has 2 amide bonds. The fourth-order valence-corrected chi connectivity index (χ4v) is 6.12. The second kappa shape index (κ2) is 12.8. The largest absolute Gasteiger partial charge is 0.447 e. The monoisotopic (exact) mass is 627 g/mol. The lowest BCUT2D eigenvalue weighted by Crippen LogP contribution is -2.44. The Kier molecular flexibility index (Phi) is 8.71. The summed E-state index contributed by atoms with van der Waals surface area (Å²) in [6.45, 7) is 3.36. The summed E-state index contributed by atoms with van der Waals surface area (Å²) in [7, 11) is 0. The number of allylic oxidation sites excluding steroid dienone is 1. The normalized spacial score (nSPS) is 19.3. The highest BCUT2D eigenvalue weighted by Crippen LogP contribution is 2.46. The highest BCUT2D eigenvalue weighted by atomic mass is 35.5. The van der Waals surface area contributed by atoms with E-state index in [1.165, 1.54) is 0 Å². The molecule has 45 heavy (non-hydrogen) atoms. The number of nitrogens with zero attached hydrogens (tertiary/aromatic N) is 5. The number of ether oxygens (including phenoxy) is 1. The van der Waals surface area contributed by atoms with Crippen LogP contribution < -0.4 is 9.80 Å². The highest BCUT2D eigenvalue weighted by molar-refractivity contribution is 6.31. The van der Waals surface area contributed by atoms with Crippen LogP contribution >= 0.6 is 11.6 Å². The summed E-state index contributed by atoms with van der Waals surface area (Å²) < 4.78 is 6.75. The van der Waals surface area contributed by atoms with Crippen molar-refractivity contribution >= 4 is 35.0 Å². The van der Waals surface area contributed by atoms with Crippen LogP contribution in [0.4, 0.5) is 16.2 Å². The van der Waals surface area contributed by atoms with Crippen LogP contribution in [0.25, 0.3) is 0 Å². The van der Waals surface area contributed by atoms with Crippen molar-refractivity contribution in [2.75, 3.05) is 29.6 Å². The molecule has 11 heteroatoms. The third-order valence-electron chi connectivity index (χ3n) is 8.49. The van der Waals surface area contributed by atoms with E-state index < -0.39 is 17.4 Å². The Morgan fingerprint density at radius 3 is 2.58 bits per heavy atom. The number of carbonyl (C=O) groups excluding carboxylic acids is 2. The van der Waals surface area contributed by atoms with Gasteiger partial charge in [0.2, 0.25) is 0 Å². The van der Waals surface area contributed by atoms with Crippen molar-refractivity contribution < 1.29 is 24.5 Å². The van der Waals surface area contributed by atoms with Crippen LogP contribution in [0.3, 0.4) is 0 Å². The summed E-state index contributed by atoms with van der Waals surface area (Å²) in [5, 5.41) is 30.8. The SMILES string of the molecule is C[C@H](/C=C/CCn1cc(C(CO)c2ccccc2)nn1)[C@@]1(O)C(=O)N(Cc2ccc(N3CCOC3=O)cc2)c2ccc(Cl)cc21. The molecule has 2 aliphatic rings. The molecule has 6 rings (SSSR count). The molecular formula is C34H34ClN5O5. The summed E-state index contributed by atoms with van der Waals surface area (Å²) >= 11 is 6.34. The lowest BCUT2D eigenvalue weighted by molar-refractivity contribution is -0.139. The number of rotatable bonds is 11. The predicted octanol–water partition coefficient (Wildman–Crippen LogP) is 5.03. The molecule has 1 unspecified atom stereocenters. The third kappa shape index (κ3) is 5.96. The molecule has 0 radical (unpaired) electrons. The number of benzene rings is 3. The zero-order valence-corrected chi connectivity index (χ0v) is 25.5. The Balaban J connectivity index is 1.14. The predicted molar refractivity (Wildman–Crippen MR) is 170 cm³/mol. The Morgan fingerprint density at radius 1 is 1.09 bits per heavy atom. The molecule has 3 atom stereocenters. The maximum Gasteiger partial charge on any atom is 0.414 e. The number of amides is 2. The number of aromatic nitrogens is 3. The molecule has 0 saturated carbocycles. The Labute approximate surface area is 266 Å². The van der Waals surface area contributed by atoms with E-state index in [0.29, 0.717) is 48.1 Å². The first-order valence-corrected chi connectivity index (χ1v) is 15.3. The molecule has 232 valence electrons. The summed E-state index contributed by atoms with van der Waals surface area (Å²) in [5.74, 6) is -1.24. The first kappa shape index (κ1) is 30.5. The summed E-state index contributed by atoms with van der Waals surface area (Å²) in [5.41, 5.74) is 2.49. The van der Waals surface area contributed by atoms with Crippen molar-refractivity contribution in [3.05, 3.63) is 119 Å². The zero-order chi connectivity index (χ0) is 31.6. The second-order valence-corrected chi connectivity index (χ2v) is 11.7. The van der Waals surface area contributed by atoms with Gasteiger partial charge in [0.1, 0.15) is 6.61 Å². The van der Waals surface area contributed by atoms with Gasteiger partial charge >= 0.3 is 6.09 Å². The van der Waals surface area contributed by atoms with Gasteiger partial charge < -0.3 is 19.8 Å². The Hall–Kier alpha value is -4.51. The lowest BCUT2D eigenvalue weighted by Gasteiger charge is -2.28. The van der Waals surface area contributed by atoms with Crippen LogP contribution in [-0.2, 0) is 28.2 Å². The lowest BCUT2D eigenvalue weighted by atomic mass is 9.83. The zero-order valence-electron chi connectivity index (χ0n) is 24.8. The Morgan fingerprint density at radius 2 is 1.87 bits per heavy atom. The summed E-state index contributed by atoms with van der Waals surface area (Å²) in [4.78, 5) is 29.0. The molecule has 0 spiro atoms. The van der Waals surface area contributed by atoms with E-state index in [1.807, 2.05) is 79.9 Å². The average Bonchev–Trinajstić information content (AvgIpc) is 3.75. The quantitative estimate of drug-likeness (QED) is 0.224. The van der Waals surface area contributed by atoms with Crippen LogP contribution in [0.15, 0.2) is 91.1 Å². The molecule has 2 N–H and O–H groups in total. The van der Waals surface area contributed by atoms with Crippen LogP contribution in [0.5, 0.6) is 0 Å². The molecule has 2 aliphatic heterocycles. The molecule has 0 aliphatic carbocycles. The molecule has 3 aromatic carbocycles. The van der Waals surface area contributed by atoms with Crippen LogP contribution in [0.2, 0.25) is 5.02 Å². The molecule has 0 bridgehead atoms. The minimum atomic E-state index is -1.81. The van der Waals surface area contributed by atoms with Crippen molar-refractivity contribution in [1.29, 1.82) is 0 Å². The van der Waals surface area contributed by atoms with Crippen LogP contribution in [0, 0.1) is 5.92 Å². The number of halogens is 1. The van der Waals surface area contributed by atoms with Crippen molar-refractivity contribution in [3.63, 3.8) is 0 Å². The minimum absolute atomic E-state index is 0.0738. The number of hydrogen-bond acceptors (Lipinski definition) is 7. The maximum absolute atomic E-state index is 13.9. The fourth-order valence-electron chi connectivity index (χ4n) is 5.95. The molecule has 1 saturated heterocycles. The third-order valence-corrected chi connectivity index (χ3v) is 8.72. The second-order valence-electron chi connectivity index (χ2n) is 11.3. The number of fused-ring (bicyclic) bond motifs is 1. The minimum Gasteiger partial charge on any atom is -0.447 e. The molecule has 1 fully saturated rings. The Bertz CT molecular complexity index is 1710. The number of hydrogen-bond donors (Lipinski definition) is 2. The van der Waals surface area contributed by atoms with Gasteiger partial charge in [-0.2, -0.15) is 0 Å². The number of aryl methyl sites for hydroxylation is 1. The number of carbonyl (C=O) groups is 2. The van der Waals surface area contributed by atoms with E-state index in [2.05, 4.69) is 10.3 Å². The fraction of sp³-hybridized carbons (Fsp3) is 0.294. The first-order chi connectivity index (χ1) is 21.8. The topological polar surface area (TPSA) is 121 Å². The molecule has 10 nitrogen and oxygen atoms in total. The van der Waals surface area contributed by atoms with Crippen molar-refractivity contribution in [1.82, 2.24) is 15.0 Å². The smallest absolute Gasteiger partial charge is 0.414 e. The van der Waals surface area contributed by atoms with Gasteiger partial charge in [-0.25, -0.2) is 4.79 Å². The number of aliphatic hydroxyl groups excluding tert-OH is 1. The van der Waals surface area contributed by atoms with Crippen LogP contribution in [-0.4, -0.2) is 57.0 Å². The van der Waals surface area contributed by atoms with Gasteiger partial charge in [-0.1, -0.05) is 78.4 Å². The summed E-state index contributed by atoms with van der Waals surface area (Å²) in [6.07, 6.45) is 5.81. The van der Waals surface area contributed by atoms with Crippen molar-refractivity contribution in [3.8, 4) is 0 Å². The standard InChI is InChI=1S/C34H34ClN5O5/c1-23(7-5-6-16-38-21-30(36-37-38)28(22-41)25-8-3-2-4-9-25)34(44)29-19-26(35)12-15-31(29)40(32(34)42)20-24-10-13-27(14-11-24)39-17-18-45-33(39)43/h2-5,7-15,19,21,23,28,41,44H,6,16-18,20,22H2,1H3/b7-5+/t23-,28?,34+/m1/s1. The molecule has 4 aromatic rings. The average molecular weight is 628 g/mol. The van der Waals surface area contributed by atoms with Gasteiger partial charge in [-0.3, -0.25) is 14.4 Å². The first-order valence-electron chi connectivity index (χ1n) is 14.9. The van der Waals surface area contributed by atoms with Crippen molar-refractivity contribution in [2.24, 2.45) is 5.92 Å². The highest BCUT2D eigenvalue weighted by Gasteiger charge is 2.52. The molecule has 3 heterocycles. The van der Waals surface area contributed by atoms with E-state index >= 15 is 0 Å². The van der Waals surface area contributed by atoms with Gasteiger partial charge in [0.05, 0.1) is 37.0 Å². The van der Waals surface area contributed by atoms with Gasteiger partial charge in [-0.05, 0) is 47.9 Å². The van der Waals surface area contributed by atoms with Gasteiger partial charge in [0.15, 0.2) is 5.60 Å². The molecule has 1 aromatic heterocycles. The van der Waals surface area contributed by atoms with E-state index in [0.717, 1.165) is 16.8 Å². The van der Waals surface area contributed by atoms with E-state index in [-0.39, 0.29) is 25.2 Å². The summed E-state index contributed by atoms with van der Waals surface area (Å²) in [6, 6.07) is 22.2. The van der Waals surface area contributed by atoms with Crippen LogP contribution in [0.1, 0.15) is 41.6 Å². The maximum atomic E-state index is 13.9. The van der Waals surface area contributed by atoms with E-state index in [1.54, 1.807) is 32.7 Å². The number of aliphatic hydroxyl groups is 2. The van der Waals surface area contributed by atoms with Gasteiger partial charge in [0, 0.05) is 34.9 Å². The van der Waals surface area contributed by atoms with E-state index in [9.17, 15) is 19.8 Å². The van der Waals surface area contributed by atoms with Crippen molar-refractivity contribution in [2.45, 2.75) is 38.0 Å². The number of cyclic esters (lactones) is 1.